The van der Waals surface area contributed by atoms with Crippen molar-refractivity contribution < 1.29 is 41.3 Å². The molecule has 14 heteroatoms. The highest BCUT2D eigenvalue weighted by Gasteiger charge is 2.62. The number of amides is 3. The average Bonchev–Trinajstić information content (AvgIpc) is 3.44. The molecule has 1 saturated carbocycles. The molecule has 1 heterocycles. The molecule has 3 amide bonds. The van der Waals surface area contributed by atoms with Crippen LogP contribution in [-0.4, -0.2) is 80.2 Å². The van der Waals surface area contributed by atoms with Crippen LogP contribution < -0.4 is 10.6 Å². The lowest BCUT2D eigenvalue weighted by atomic mass is 9.85. The second-order valence-electron chi connectivity index (χ2n) is 12.8. The summed E-state index contributed by atoms with van der Waals surface area (Å²) in [6.07, 6.45) is -0.321. The second kappa shape index (κ2) is 12.6. The van der Waals surface area contributed by atoms with Gasteiger partial charge in [-0.25, -0.2) is 9.59 Å². The molecule has 1 aromatic rings. The predicted octanol–water partition coefficient (Wildman–Crippen LogP) is 3.30. The fraction of sp³-hybridized carbons (Fsp3) is 0.586. The Hall–Kier alpha value is -2.97. The minimum atomic E-state index is -4.27. The molecule has 3 rings (SSSR count). The van der Waals surface area contributed by atoms with Crippen molar-refractivity contribution in [2.24, 2.45) is 11.3 Å². The molecule has 0 bridgehead atoms. The van der Waals surface area contributed by atoms with Crippen LogP contribution >= 0.6 is 15.9 Å². The normalized spacial score (nSPS) is 24.5. The van der Waals surface area contributed by atoms with E-state index in [9.17, 15) is 27.6 Å². The van der Waals surface area contributed by atoms with Gasteiger partial charge < -0.3 is 25.0 Å². The van der Waals surface area contributed by atoms with Gasteiger partial charge in [0.15, 0.2) is 0 Å². The number of rotatable bonds is 9. The van der Waals surface area contributed by atoms with Gasteiger partial charge in [-0.1, -0.05) is 42.8 Å². The average molecular weight is 687 g/mol. The number of ether oxygens (including phenoxy) is 2. The van der Waals surface area contributed by atoms with Gasteiger partial charge in [-0.15, -0.1) is 6.58 Å². The smallest absolute Gasteiger partial charge is 0.408 e. The van der Waals surface area contributed by atoms with E-state index in [4.69, 9.17) is 13.7 Å². The topological polar surface area (TPSA) is 157 Å². The van der Waals surface area contributed by atoms with E-state index in [2.05, 4.69) is 33.1 Å². The Labute approximate surface area is 261 Å². The molecular formula is C29H40BrN3O9S. The Morgan fingerprint density at radius 3 is 2.21 bits per heavy atom. The first-order chi connectivity index (χ1) is 19.7. The van der Waals surface area contributed by atoms with Gasteiger partial charge in [-0.05, 0) is 56.9 Å². The van der Waals surface area contributed by atoms with Crippen LogP contribution in [0.5, 0.6) is 0 Å². The van der Waals surface area contributed by atoms with E-state index in [1.54, 1.807) is 53.7 Å². The van der Waals surface area contributed by atoms with E-state index in [0.29, 0.717) is 4.47 Å². The quantitative estimate of drug-likeness (QED) is 0.226. The summed E-state index contributed by atoms with van der Waals surface area (Å²) in [6.45, 7) is 13.7. The molecule has 1 saturated heterocycles. The van der Waals surface area contributed by atoms with Gasteiger partial charge >= 0.3 is 12.1 Å². The molecular weight excluding hydrogens is 646 g/mol. The third kappa shape index (κ3) is 8.15. The number of nitrogens with zero attached hydrogens (tertiary/aromatic N) is 1. The van der Waals surface area contributed by atoms with E-state index in [0.717, 1.165) is 0 Å². The first-order valence-electron chi connectivity index (χ1n) is 13.8. The largest absolute Gasteiger partial charge is 0.467 e. The minimum Gasteiger partial charge on any atom is -0.467 e. The maximum Gasteiger partial charge on any atom is 0.408 e. The summed E-state index contributed by atoms with van der Waals surface area (Å²) in [5, 5.41) is 5.33. The molecule has 5 unspecified atom stereocenters. The number of carbonyl (C=O) groups excluding carboxylic acids is 4. The van der Waals surface area contributed by atoms with Crippen LogP contribution in [-0.2, 0) is 38.2 Å². The van der Waals surface area contributed by atoms with Gasteiger partial charge in [-0.2, -0.15) is 8.42 Å². The fourth-order valence-corrected chi connectivity index (χ4v) is 6.26. The maximum atomic E-state index is 14.1. The lowest BCUT2D eigenvalue weighted by Crippen LogP contribution is -2.59. The van der Waals surface area contributed by atoms with Crippen molar-refractivity contribution in [1.29, 1.82) is 0 Å². The molecule has 238 valence electrons. The van der Waals surface area contributed by atoms with Crippen LogP contribution in [0.15, 0.2) is 46.3 Å². The maximum absolute atomic E-state index is 14.1. The monoisotopic (exact) mass is 685 g/mol. The van der Waals surface area contributed by atoms with Gasteiger partial charge in [0, 0.05) is 23.4 Å². The molecule has 2 aliphatic rings. The highest BCUT2D eigenvalue weighted by Crippen LogP contribution is 2.45. The molecule has 2 fully saturated rings. The van der Waals surface area contributed by atoms with Gasteiger partial charge in [0.25, 0.3) is 10.1 Å². The number of nitrogens with one attached hydrogen (secondary N) is 2. The summed E-state index contributed by atoms with van der Waals surface area (Å²) in [4.78, 5) is 54.2. The highest BCUT2D eigenvalue weighted by atomic mass is 79.9. The SMILES string of the molecule is C=CC1CC1(NC(=O)C1CC(OS(=O)(=O)c2ccc(Br)cc2)CN1C(=O)C(NC(=O)OC(C)(C)C)C(C)(C)C)C(=O)OC. The van der Waals surface area contributed by atoms with E-state index < -0.39 is 68.7 Å². The third-order valence-corrected chi connectivity index (χ3v) is 9.09. The van der Waals surface area contributed by atoms with Crippen molar-refractivity contribution in [1.82, 2.24) is 15.5 Å². The second-order valence-corrected chi connectivity index (χ2v) is 15.3. The number of alkyl carbamates (subject to hydrolysis) is 1. The van der Waals surface area contributed by atoms with Crippen LogP contribution in [0.2, 0.25) is 0 Å². The van der Waals surface area contributed by atoms with E-state index in [-0.39, 0.29) is 30.2 Å². The molecule has 0 aromatic heterocycles. The molecule has 5 atom stereocenters. The number of halogens is 1. The van der Waals surface area contributed by atoms with Gasteiger partial charge in [0.2, 0.25) is 11.8 Å². The minimum absolute atomic E-state index is 0.0999. The number of likely N-dealkylation sites (tertiary alicyclic amines) is 1. The zero-order valence-corrected chi connectivity index (χ0v) is 27.8. The first-order valence-corrected chi connectivity index (χ1v) is 16.0. The Morgan fingerprint density at radius 2 is 1.72 bits per heavy atom. The number of carbonyl (C=O) groups is 4. The predicted molar refractivity (Wildman–Crippen MR) is 160 cm³/mol. The Kier molecular flexibility index (Phi) is 10.1. The van der Waals surface area contributed by atoms with Crippen LogP contribution in [0.25, 0.3) is 0 Å². The van der Waals surface area contributed by atoms with Crippen LogP contribution in [0.4, 0.5) is 4.79 Å². The molecule has 0 spiro atoms. The highest BCUT2D eigenvalue weighted by molar-refractivity contribution is 9.10. The van der Waals surface area contributed by atoms with Crippen LogP contribution in [0.3, 0.4) is 0 Å². The number of benzene rings is 1. The molecule has 1 aliphatic carbocycles. The van der Waals surface area contributed by atoms with Crippen molar-refractivity contribution in [2.75, 3.05) is 13.7 Å². The Bertz CT molecular complexity index is 1370. The first kappa shape index (κ1) is 34.5. The van der Waals surface area contributed by atoms with Gasteiger partial charge in [0.1, 0.15) is 23.2 Å². The summed E-state index contributed by atoms with van der Waals surface area (Å²) in [7, 11) is -3.07. The number of hydrogen-bond acceptors (Lipinski definition) is 9. The van der Waals surface area contributed by atoms with Crippen molar-refractivity contribution in [3.63, 3.8) is 0 Å². The fourth-order valence-electron chi connectivity index (χ4n) is 4.92. The lowest BCUT2D eigenvalue weighted by molar-refractivity contribution is -0.148. The summed E-state index contributed by atoms with van der Waals surface area (Å²) in [5.74, 6) is -2.38. The molecule has 43 heavy (non-hydrogen) atoms. The molecule has 1 aromatic carbocycles. The Morgan fingerprint density at radius 1 is 1.12 bits per heavy atom. The molecule has 0 radical (unpaired) electrons. The number of esters is 1. The molecule has 1 aliphatic heterocycles. The van der Waals surface area contributed by atoms with Crippen LogP contribution in [0, 0.1) is 11.3 Å². The summed E-state index contributed by atoms with van der Waals surface area (Å²) >= 11 is 3.26. The van der Waals surface area contributed by atoms with E-state index in [1.165, 1.54) is 30.2 Å². The van der Waals surface area contributed by atoms with Gasteiger partial charge in [-0.3, -0.25) is 13.8 Å². The van der Waals surface area contributed by atoms with E-state index >= 15 is 0 Å². The number of hydrogen-bond donors (Lipinski definition) is 2. The zero-order chi connectivity index (χ0) is 32.5. The van der Waals surface area contributed by atoms with Crippen molar-refractivity contribution in [3.05, 3.63) is 41.4 Å². The van der Waals surface area contributed by atoms with Crippen molar-refractivity contribution >= 4 is 49.9 Å². The number of methoxy groups -OCH3 is 1. The van der Waals surface area contributed by atoms with Gasteiger partial charge in [0.05, 0.1) is 18.1 Å². The third-order valence-electron chi connectivity index (χ3n) is 7.18. The standard InChI is InChI=1S/C29H40BrN3O9S/c1-9-17-15-29(17,25(36)40-8)32-23(34)21-14-19(42-43(38,39)20-12-10-18(30)11-13-20)16-33(21)24(35)22(27(2,3)4)31-26(37)41-28(5,6)7/h9-13,17,19,21-22H,1,14-16H2,2-8H3,(H,31,37)(H,32,34). The van der Waals surface area contributed by atoms with Crippen LogP contribution in [0.1, 0.15) is 54.4 Å². The zero-order valence-electron chi connectivity index (χ0n) is 25.4. The lowest BCUT2D eigenvalue weighted by Gasteiger charge is -2.36. The summed E-state index contributed by atoms with van der Waals surface area (Å²) < 4.78 is 42.6. The van der Waals surface area contributed by atoms with Crippen molar-refractivity contribution in [3.8, 4) is 0 Å². The van der Waals surface area contributed by atoms with Crippen molar-refractivity contribution in [2.45, 2.75) is 88.6 Å². The molecule has 2 N–H and O–H groups in total. The summed E-state index contributed by atoms with van der Waals surface area (Å²) in [6, 6.07) is 3.44. The Balaban J connectivity index is 1.94. The summed E-state index contributed by atoms with van der Waals surface area (Å²) in [5.41, 5.74) is -3.02. The van der Waals surface area contributed by atoms with E-state index in [1.807, 2.05) is 0 Å². The molecule has 12 nitrogen and oxygen atoms in total.